The number of rotatable bonds is 1. The number of allylic oxidation sites excluding steroid dienone is 5. The van der Waals surface area contributed by atoms with Gasteiger partial charge in [-0.05, 0) is 62.1 Å². The SMILES string of the molecule is [CH2]C(O)[C]1OC2=CC/C(=C(/C)Cc3ccc(cc3)O1)C=C2. The van der Waals surface area contributed by atoms with Crippen molar-refractivity contribution in [2.45, 2.75) is 25.9 Å². The number of aliphatic hydroxyl groups is 1. The number of hydrogen-bond donors (Lipinski definition) is 1. The van der Waals surface area contributed by atoms with Crippen LogP contribution in [0.25, 0.3) is 0 Å². The molecule has 1 unspecified atom stereocenters. The lowest BCUT2D eigenvalue weighted by Gasteiger charge is -2.21. The molecule has 6 rings (SSSR count). The Bertz CT molecular complexity index is 606. The van der Waals surface area contributed by atoms with Gasteiger partial charge in [-0.25, -0.2) is 0 Å². The van der Waals surface area contributed by atoms with Gasteiger partial charge in [-0.3, -0.25) is 0 Å². The molecule has 1 aliphatic carbocycles. The van der Waals surface area contributed by atoms with Crippen molar-refractivity contribution in [3.8, 4) is 5.75 Å². The Kier molecular flexibility index (Phi) is 3.84. The van der Waals surface area contributed by atoms with E-state index in [0.717, 1.165) is 12.8 Å². The van der Waals surface area contributed by atoms with E-state index >= 15 is 0 Å². The Labute approximate surface area is 125 Å². The van der Waals surface area contributed by atoms with E-state index in [1.54, 1.807) is 0 Å². The van der Waals surface area contributed by atoms with E-state index in [1.165, 1.54) is 16.7 Å². The number of ether oxygens (including phenoxy) is 2. The van der Waals surface area contributed by atoms with E-state index in [0.29, 0.717) is 11.5 Å². The van der Waals surface area contributed by atoms with E-state index < -0.39 is 6.10 Å². The Morgan fingerprint density at radius 2 is 1.90 bits per heavy atom. The summed E-state index contributed by atoms with van der Waals surface area (Å²) in [5.41, 5.74) is 3.87. The number of aliphatic hydroxyl groups excluding tert-OH is 1. The topological polar surface area (TPSA) is 38.7 Å². The first-order valence-corrected chi connectivity index (χ1v) is 7.01. The lowest BCUT2D eigenvalue weighted by Crippen LogP contribution is -2.23. The summed E-state index contributed by atoms with van der Waals surface area (Å²) in [5.74, 6) is 1.29. The zero-order valence-electron chi connectivity index (χ0n) is 12.0. The van der Waals surface area contributed by atoms with Crippen LogP contribution < -0.4 is 4.74 Å². The summed E-state index contributed by atoms with van der Waals surface area (Å²) in [6.07, 6.45) is 6.70. The minimum absolute atomic E-state index is 0.0852. The highest BCUT2D eigenvalue weighted by molar-refractivity contribution is 5.39. The van der Waals surface area contributed by atoms with Crippen LogP contribution in [0.4, 0.5) is 0 Å². The fourth-order valence-corrected chi connectivity index (χ4v) is 2.41. The first-order chi connectivity index (χ1) is 10.1. The molecule has 3 nitrogen and oxygen atoms in total. The monoisotopic (exact) mass is 282 g/mol. The molecule has 4 heterocycles. The van der Waals surface area contributed by atoms with Crippen molar-refractivity contribution in [3.05, 3.63) is 78.2 Å². The summed E-state index contributed by atoms with van der Waals surface area (Å²) in [7, 11) is 0. The summed E-state index contributed by atoms with van der Waals surface area (Å²) < 4.78 is 11.2. The summed E-state index contributed by atoms with van der Waals surface area (Å²) in [4.78, 5) is 0. The average molecular weight is 282 g/mol. The van der Waals surface area contributed by atoms with Gasteiger partial charge in [-0.1, -0.05) is 23.8 Å². The Morgan fingerprint density at radius 3 is 2.52 bits per heavy atom. The van der Waals surface area contributed by atoms with Gasteiger partial charge in [-0.15, -0.1) is 0 Å². The van der Waals surface area contributed by atoms with Crippen LogP contribution in [0.2, 0.25) is 0 Å². The first-order valence-electron chi connectivity index (χ1n) is 7.01. The maximum atomic E-state index is 9.71. The molecule has 1 aromatic carbocycles. The zero-order chi connectivity index (χ0) is 14.8. The van der Waals surface area contributed by atoms with Crippen molar-refractivity contribution in [2.24, 2.45) is 0 Å². The van der Waals surface area contributed by atoms with Crippen LogP contribution in [-0.2, 0) is 11.2 Å². The standard InChI is InChI=1S/C18H18O3/c1-12-11-14-3-7-16(8-4-14)20-18(13(2)19)21-17-9-5-15(12)6-10-17/h3-5,7-10,13,19H,2,6,11H2,1H3/b15-12-. The molecule has 4 aliphatic heterocycles. The third-order valence-electron chi connectivity index (χ3n) is 3.62. The van der Waals surface area contributed by atoms with Gasteiger partial charge in [0.2, 0.25) is 0 Å². The van der Waals surface area contributed by atoms with Crippen LogP contribution >= 0.6 is 0 Å². The summed E-state index contributed by atoms with van der Waals surface area (Å²) in [6.45, 7) is 5.72. The van der Waals surface area contributed by atoms with Gasteiger partial charge in [0.25, 0.3) is 0 Å². The molecule has 0 amide bonds. The van der Waals surface area contributed by atoms with Gasteiger partial charge >= 0.3 is 6.29 Å². The molecule has 0 saturated heterocycles. The molecule has 0 spiro atoms. The normalized spacial score (nSPS) is 23.5. The smallest absolute Gasteiger partial charge is 0.359 e. The Morgan fingerprint density at radius 1 is 1.14 bits per heavy atom. The fraction of sp³-hybridized carbons (Fsp3) is 0.222. The Hall–Kier alpha value is -2.00. The van der Waals surface area contributed by atoms with Crippen molar-refractivity contribution < 1.29 is 14.6 Å². The predicted octanol–water partition coefficient (Wildman–Crippen LogP) is 3.48. The van der Waals surface area contributed by atoms with Crippen molar-refractivity contribution >= 4 is 0 Å². The largest absolute Gasteiger partial charge is 0.444 e. The minimum Gasteiger partial charge on any atom is -0.444 e. The summed E-state index contributed by atoms with van der Waals surface area (Å²) in [6, 6.07) is 7.80. The van der Waals surface area contributed by atoms with Crippen molar-refractivity contribution in [1.29, 1.82) is 0 Å². The van der Waals surface area contributed by atoms with Gasteiger partial charge < -0.3 is 14.6 Å². The Balaban J connectivity index is 1.99. The van der Waals surface area contributed by atoms with Crippen molar-refractivity contribution in [1.82, 2.24) is 0 Å². The fourth-order valence-electron chi connectivity index (χ4n) is 2.41. The van der Waals surface area contributed by atoms with Gasteiger partial charge in [0.15, 0.2) is 0 Å². The molecule has 0 aromatic heterocycles. The second-order valence-corrected chi connectivity index (χ2v) is 5.31. The molecule has 21 heavy (non-hydrogen) atoms. The zero-order valence-corrected chi connectivity index (χ0v) is 12.0. The first kappa shape index (κ1) is 14.0. The quantitative estimate of drug-likeness (QED) is 0.857. The molecular weight excluding hydrogens is 264 g/mol. The second-order valence-electron chi connectivity index (χ2n) is 5.31. The van der Waals surface area contributed by atoms with Crippen molar-refractivity contribution in [3.63, 3.8) is 0 Å². The third kappa shape index (κ3) is 3.19. The number of benzene rings is 1. The molecule has 1 N–H and O–H groups in total. The van der Waals surface area contributed by atoms with Gasteiger partial charge in [0, 0.05) is 0 Å². The molecule has 5 aliphatic rings. The van der Waals surface area contributed by atoms with E-state index in [4.69, 9.17) is 9.47 Å². The van der Waals surface area contributed by atoms with Crippen LogP contribution in [0.15, 0.2) is 59.4 Å². The molecule has 4 bridgehead atoms. The molecule has 3 heteroatoms. The lowest BCUT2D eigenvalue weighted by atomic mass is 9.96. The number of hydrogen-bond acceptors (Lipinski definition) is 3. The molecule has 2 radical (unpaired) electrons. The van der Waals surface area contributed by atoms with Gasteiger partial charge in [-0.2, -0.15) is 0 Å². The highest BCUT2D eigenvalue weighted by atomic mass is 16.7. The molecule has 1 aromatic rings. The average Bonchev–Trinajstić information content (AvgIpc) is 2.51. The summed E-state index contributed by atoms with van der Waals surface area (Å²) >= 11 is 0. The van der Waals surface area contributed by atoms with Crippen LogP contribution in [0, 0.1) is 13.2 Å². The van der Waals surface area contributed by atoms with Crippen molar-refractivity contribution in [2.75, 3.05) is 0 Å². The van der Waals surface area contributed by atoms with Crippen LogP contribution in [-0.4, -0.2) is 11.2 Å². The van der Waals surface area contributed by atoms with E-state index in [-0.39, 0.29) is 6.29 Å². The molecule has 0 fully saturated rings. The minimum atomic E-state index is -1.05. The summed E-state index contributed by atoms with van der Waals surface area (Å²) in [5, 5.41) is 9.71. The van der Waals surface area contributed by atoms with E-state index in [1.807, 2.05) is 36.4 Å². The van der Waals surface area contributed by atoms with Gasteiger partial charge in [0.05, 0.1) is 0 Å². The van der Waals surface area contributed by atoms with Crippen LogP contribution in [0.1, 0.15) is 18.9 Å². The predicted molar refractivity (Wildman–Crippen MR) is 81.0 cm³/mol. The highest BCUT2D eigenvalue weighted by Gasteiger charge is 2.24. The van der Waals surface area contributed by atoms with E-state index in [2.05, 4.69) is 19.9 Å². The lowest BCUT2D eigenvalue weighted by molar-refractivity contribution is -0.00396. The molecule has 0 saturated carbocycles. The third-order valence-corrected chi connectivity index (χ3v) is 3.62. The van der Waals surface area contributed by atoms with Crippen LogP contribution in [0.3, 0.4) is 0 Å². The maximum absolute atomic E-state index is 9.71. The van der Waals surface area contributed by atoms with E-state index in [9.17, 15) is 5.11 Å². The van der Waals surface area contributed by atoms with Crippen LogP contribution in [0.5, 0.6) is 5.75 Å². The second kappa shape index (κ2) is 5.78. The molecular formula is C18H18O3. The molecule has 1 atom stereocenters. The highest BCUT2D eigenvalue weighted by Crippen LogP contribution is 2.28. The molecule has 108 valence electrons. The maximum Gasteiger partial charge on any atom is 0.359 e. The van der Waals surface area contributed by atoms with Gasteiger partial charge in [0.1, 0.15) is 17.6 Å².